The molecule has 0 bridgehead atoms. The summed E-state index contributed by atoms with van der Waals surface area (Å²) in [5.74, 6) is -1.63. The number of amides is 3. The van der Waals surface area contributed by atoms with Crippen molar-refractivity contribution in [2.24, 2.45) is 11.3 Å². The molecular formula is C31H39N3O5. The van der Waals surface area contributed by atoms with Crippen LogP contribution in [0.25, 0.3) is 0 Å². The number of benzene rings is 2. The lowest BCUT2D eigenvalue weighted by Crippen LogP contribution is -2.57. The van der Waals surface area contributed by atoms with Gasteiger partial charge in [-0.05, 0) is 60.3 Å². The molecule has 1 fully saturated rings. The monoisotopic (exact) mass is 533 g/mol. The van der Waals surface area contributed by atoms with E-state index in [4.69, 9.17) is 0 Å². The first kappa shape index (κ1) is 27.0. The highest BCUT2D eigenvalue weighted by Crippen LogP contribution is 2.53. The Labute approximate surface area is 229 Å². The lowest BCUT2D eigenvalue weighted by Gasteiger charge is -2.36. The summed E-state index contributed by atoms with van der Waals surface area (Å²) in [7, 11) is 0. The van der Waals surface area contributed by atoms with E-state index < -0.39 is 23.5 Å². The van der Waals surface area contributed by atoms with E-state index >= 15 is 0 Å². The minimum Gasteiger partial charge on any atom is -0.504 e. The normalized spacial score (nSPS) is 26.1. The van der Waals surface area contributed by atoms with Crippen LogP contribution in [-0.4, -0.2) is 44.9 Å². The number of hydrogen-bond acceptors (Lipinski definition) is 5. The first-order chi connectivity index (χ1) is 18.5. The summed E-state index contributed by atoms with van der Waals surface area (Å²) in [5, 5.41) is 27.5. The van der Waals surface area contributed by atoms with Gasteiger partial charge in [0.2, 0.25) is 17.7 Å². The quantitative estimate of drug-likeness (QED) is 0.433. The number of carbonyl (C=O) groups excluding carboxylic acids is 3. The van der Waals surface area contributed by atoms with Gasteiger partial charge in [0.1, 0.15) is 12.1 Å². The number of hydrogen-bond donors (Lipinski definition) is 4. The molecule has 0 saturated carbocycles. The molecule has 0 spiro atoms. The lowest BCUT2D eigenvalue weighted by molar-refractivity contribution is -0.145. The first-order valence-corrected chi connectivity index (χ1v) is 14.1. The molecule has 1 unspecified atom stereocenters. The molecule has 2 aromatic rings. The molecule has 39 heavy (non-hydrogen) atoms. The standard InChI is InChI=1S/C31H39N3O5/c1-5-17(2)28(37)33-22-15-19-13-14-24(35)26(36)25(19)23-16-31(3,4)27(34(23)30(22)39)29(38)32-21-12-8-10-18-9-6-7-11-20(18)21/h6-7,9,11,13-14,17,21-23,27,35-36H,5,8,10,12,15-16H2,1-4H3,(H,32,38)(H,33,37)/t17-,21-,22+,23-,27?/m1/s1. The molecule has 1 aliphatic carbocycles. The van der Waals surface area contributed by atoms with Crippen molar-refractivity contribution in [2.75, 3.05) is 0 Å². The molecule has 3 aliphatic rings. The van der Waals surface area contributed by atoms with Crippen LogP contribution >= 0.6 is 0 Å². The van der Waals surface area contributed by atoms with Crippen molar-refractivity contribution in [1.82, 2.24) is 15.5 Å². The Kier molecular flexibility index (Phi) is 7.08. The van der Waals surface area contributed by atoms with Crippen molar-refractivity contribution in [1.29, 1.82) is 0 Å². The first-order valence-electron chi connectivity index (χ1n) is 14.1. The van der Waals surface area contributed by atoms with Gasteiger partial charge in [-0.15, -0.1) is 0 Å². The molecule has 2 aliphatic heterocycles. The van der Waals surface area contributed by atoms with Gasteiger partial charge >= 0.3 is 0 Å². The van der Waals surface area contributed by atoms with Gasteiger partial charge in [-0.2, -0.15) is 0 Å². The number of phenols is 2. The summed E-state index contributed by atoms with van der Waals surface area (Å²) in [6.07, 6.45) is 3.98. The van der Waals surface area contributed by atoms with Crippen LogP contribution in [0.3, 0.4) is 0 Å². The molecule has 208 valence electrons. The third-order valence-electron chi connectivity index (χ3n) is 8.98. The van der Waals surface area contributed by atoms with Crippen LogP contribution in [0.15, 0.2) is 36.4 Å². The molecule has 5 rings (SSSR count). The summed E-state index contributed by atoms with van der Waals surface area (Å²) in [6.45, 7) is 7.65. The van der Waals surface area contributed by atoms with Crippen molar-refractivity contribution >= 4 is 17.7 Å². The maximum absolute atomic E-state index is 14.2. The minimum absolute atomic E-state index is 0.148. The number of fused-ring (bicyclic) bond motifs is 4. The maximum atomic E-state index is 14.2. The van der Waals surface area contributed by atoms with Gasteiger partial charge in [0.25, 0.3) is 0 Å². The highest BCUT2D eigenvalue weighted by atomic mass is 16.3. The smallest absolute Gasteiger partial charge is 0.246 e. The second-order valence-electron chi connectivity index (χ2n) is 12.1. The fourth-order valence-electron chi connectivity index (χ4n) is 6.71. The zero-order chi connectivity index (χ0) is 28.1. The molecule has 1 saturated heterocycles. The Hall–Kier alpha value is -3.55. The molecule has 8 heteroatoms. The summed E-state index contributed by atoms with van der Waals surface area (Å²) >= 11 is 0. The van der Waals surface area contributed by atoms with Crippen molar-refractivity contribution in [3.63, 3.8) is 0 Å². The van der Waals surface area contributed by atoms with Crippen molar-refractivity contribution in [2.45, 2.75) is 90.4 Å². The second-order valence-corrected chi connectivity index (χ2v) is 12.1. The lowest BCUT2D eigenvalue weighted by atomic mass is 9.80. The molecular weight excluding hydrogens is 494 g/mol. The largest absolute Gasteiger partial charge is 0.504 e. The van der Waals surface area contributed by atoms with E-state index in [9.17, 15) is 24.6 Å². The third kappa shape index (κ3) is 4.74. The van der Waals surface area contributed by atoms with Crippen LogP contribution in [0.1, 0.15) is 87.7 Å². The SMILES string of the molecule is CC[C@@H](C)C(=O)N[C@H]1Cc2ccc(O)c(O)c2[C@H]2CC(C)(C)C(C(=O)N[C@@H]3CCCc4ccccc43)N2C1=O. The van der Waals surface area contributed by atoms with Gasteiger partial charge in [-0.1, -0.05) is 58.0 Å². The Bertz CT molecular complexity index is 1310. The average Bonchev–Trinajstić information content (AvgIpc) is 3.14. The molecule has 2 aromatic carbocycles. The molecule has 5 atom stereocenters. The number of aryl methyl sites for hydroxylation is 1. The number of nitrogens with one attached hydrogen (secondary N) is 2. The zero-order valence-electron chi connectivity index (χ0n) is 23.2. The van der Waals surface area contributed by atoms with Gasteiger partial charge < -0.3 is 25.7 Å². The number of aromatic hydroxyl groups is 2. The summed E-state index contributed by atoms with van der Waals surface area (Å²) in [4.78, 5) is 42.8. The highest BCUT2D eigenvalue weighted by Gasteiger charge is 2.56. The highest BCUT2D eigenvalue weighted by molar-refractivity contribution is 5.95. The van der Waals surface area contributed by atoms with Crippen LogP contribution in [0.5, 0.6) is 11.5 Å². The van der Waals surface area contributed by atoms with Gasteiger partial charge in [-0.3, -0.25) is 14.4 Å². The predicted molar refractivity (Wildman–Crippen MR) is 147 cm³/mol. The van der Waals surface area contributed by atoms with E-state index in [1.165, 1.54) is 11.6 Å². The van der Waals surface area contributed by atoms with E-state index in [2.05, 4.69) is 22.8 Å². The van der Waals surface area contributed by atoms with Gasteiger partial charge in [0.05, 0.1) is 12.1 Å². The van der Waals surface area contributed by atoms with Crippen LogP contribution in [0.2, 0.25) is 0 Å². The van der Waals surface area contributed by atoms with E-state index in [1.54, 1.807) is 11.0 Å². The number of phenolic OH excluding ortho intramolecular Hbond substituents is 2. The van der Waals surface area contributed by atoms with Crippen LogP contribution in [0.4, 0.5) is 0 Å². The second kappa shape index (κ2) is 10.2. The molecule has 8 nitrogen and oxygen atoms in total. The van der Waals surface area contributed by atoms with Crippen LogP contribution < -0.4 is 10.6 Å². The van der Waals surface area contributed by atoms with E-state index in [1.807, 2.05) is 39.8 Å². The fourth-order valence-corrected chi connectivity index (χ4v) is 6.71. The Morgan fingerprint density at radius 2 is 1.82 bits per heavy atom. The third-order valence-corrected chi connectivity index (χ3v) is 8.98. The van der Waals surface area contributed by atoms with E-state index in [0.29, 0.717) is 24.0 Å². The molecule has 0 aromatic heterocycles. The predicted octanol–water partition coefficient (Wildman–Crippen LogP) is 4.05. The number of rotatable bonds is 5. The fraction of sp³-hybridized carbons (Fsp3) is 0.516. The van der Waals surface area contributed by atoms with Gasteiger partial charge in [0.15, 0.2) is 11.5 Å². The van der Waals surface area contributed by atoms with Gasteiger partial charge in [-0.25, -0.2) is 0 Å². The molecule has 4 N–H and O–H groups in total. The molecule has 3 amide bonds. The van der Waals surface area contributed by atoms with E-state index in [0.717, 1.165) is 24.8 Å². The van der Waals surface area contributed by atoms with Crippen molar-refractivity contribution in [3.05, 3.63) is 58.7 Å². The summed E-state index contributed by atoms with van der Waals surface area (Å²) in [6, 6.07) is 8.77. The minimum atomic E-state index is -0.890. The van der Waals surface area contributed by atoms with Gasteiger partial charge in [0, 0.05) is 17.9 Å². The van der Waals surface area contributed by atoms with Crippen molar-refractivity contribution in [3.8, 4) is 11.5 Å². The number of nitrogens with zero attached hydrogens (tertiary/aromatic N) is 1. The maximum Gasteiger partial charge on any atom is 0.246 e. The molecule has 0 radical (unpaired) electrons. The van der Waals surface area contributed by atoms with Crippen molar-refractivity contribution < 1.29 is 24.6 Å². The topological polar surface area (TPSA) is 119 Å². The summed E-state index contributed by atoms with van der Waals surface area (Å²) < 4.78 is 0. The number of carbonyl (C=O) groups is 3. The Morgan fingerprint density at radius 1 is 1.08 bits per heavy atom. The Balaban J connectivity index is 1.54. The van der Waals surface area contributed by atoms with Crippen LogP contribution in [-0.2, 0) is 27.2 Å². The average molecular weight is 534 g/mol. The molecule has 2 heterocycles. The van der Waals surface area contributed by atoms with E-state index in [-0.39, 0.29) is 47.6 Å². The van der Waals surface area contributed by atoms with Crippen LogP contribution in [0, 0.1) is 11.3 Å². The summed E-state index contributed by atoms with van der Waals surface area (Å²) in [5.41, 5.74) is 2.84. The Morgan fingerprint density at radius 3 is 2.56 bits per heavy atom. The zero-order valence-corrected chi connectivity index (χ0v) is 23.2.